The van der Waals surface area contributed by atoms with Gasteiger partial charge < -0.3 is 9.88 Å². The molecule has 1 aromatic heterocycles. The highest BCUT2D eigenvalue weighted by Gasteiger charge is 2.18. The Balaban J connectivity index is 1.63. The van der Waals surface area contributed by atoms with Crippen LogP contribution in [0.2, 0.25) is 0 Å². The number of nitrogens with zero attached hydrogens (tertiary/aromatic N) is 4. The van der Waals surface area contributed by atoms with Crippen LogP contribution in [0.3, 0.4) is 0 Å². The lowest BCUT2D eigenvalue weighted by atomic mass is 10.1. The number of rotatable bonds is 4. The van der Waals surface area contributed by atoms with Gasteiger partial charge in [0.2, 0.25) is 0 Å². The summed E-state index contributed by atoms with van der Waals surface area (Å²) < 4.78 is 15.9. The summed E-state index contributed by atoms with van der Waals surface area (Å²) in [7, 11) is 0. The zero-order valence-corrected chi connectivity index (χ0v) is 20.8. The first-order valence-corrected chi connectivity index (χ1v) is 13.3. The maximum absolute atomic E-state index is 13.8. The molecule has 0 saturated carbocycles. The van der Waals surface area contributed by atoms with Gasteiger partial charge in [-0.15, -0.1) is 0 Å². The highest BCUT2D eigenvalue weighted by molar-refractivity contribution is 7.99. The van der Waals surface area contributed by atoms with Crippen LogP contribution in [-0.2, 0) is 0 Å². The van der Waals surface area contributed by atoms with Crippen LogP contribution in [0.4, 0.5) is 15.8 Å². The minimum Gasteiger partial charge on any atom is -0.352 e. The molecular weight excluding hydrogens is 469 g/mol. The predicted octanol–water partition coefficient (Wildman–Crippen LogP) is 6.51. The van der Waals surface area contributed by atoms with E-state index in [1.807, 2.05) is 67.2 Å². The average molecular weight is 496 g/mol. The summed E-state index contributed by atoms with van der Waals surface area (Å²) in [5, 5.41) is 4.48. The predicted molar refractivity (Wildman–Crippen MR) is 146 cm³/mol. The van der Waals surface area contributed by atoms with E-state index >= 15 is 0 Å². The molecule has 5 nitrogen and oxygen atoms in total. The van der Waals surface area contributed by atoms with Gasteiger partial charge in [0.15, 0.2) is 0 Å². The van der Waals surface area contributed by atoms with Crippen LogP contribution in [0.15, 0.2) is 84.0 Å². The maximum Gasteiger partial charge on any atom is 0.123 e. The Morgan fingerprint density at radius 2 is 1.78 bits per heavy atom. The Labute approximate surface area is 213 Å². The molecule has 0 amide bonds. The summed E-state index contributed by atoms with van der Waals surface area (Å²) >= 11 is 1.99. The molecule has 0 atom stereocenters. The Morgan fingerprint density at radius 3 is 2.58 bits per heavy atom. The minimum atomic E-state index is -0.258. The minimum absolute atomic E-state index is 0.258. The van der Waals surface area contributed by atoms with Crippen molar-refractivity contribution in [2.45, 2.75) is 25.8 Å². The molecule has 3 aromatic rings. The Morgan fingerprint density at radius 1 is 0.972 bits per heavy atom. The quantitative estimate of drug-likeness (QED) is 0.289. The number of fused-ring (bicyclic) bond motifs is 2. The number of aromatic nitrogens is 3. The van der Waals surface area contributed by atoms with Crippen molar-refractivity contribution in [2.75, 3.05) is 16.8 Å². The molecule has 2 aliphatic heterocycles. The van der Waals surface area contributed by atoms with Crippen molar-refractivity contribution in [3.05, 3.63) is 95.9 Å². The van der Waals surface area contributed by atoms with E-state index < -0.39 is 0 Å². The molecule has 7 heteroatoms. The molecule has 0 bridgehead atoms. The first kappa shape index (κ1) is 22.7. The number of para-hydroxylation sites is 2. The Kier molecular flexibility index (Phi) is 6.15. The van der Waals surface area contributed by atoms with E-state index in [4.69, 9.17) is 9.98 Å². The van der Waals surface area contributed by atoms with Gasteiger partial charge in [-0.25, -0.2) is 9.37 Å². The topological polar surface area (TPSA) is 55.1 Å². The van der Waals surface area contributed by atoms with Crippen molar-refractivity contribution in [1.82, 2.24) is 14.5 Å². The molecule has 0 unspecified atom stereocenters. The van der Waals surface area contributed by atoms with Gasteiger partial charge in [-0.05, 0) is 91.9 Å². The fourth-order valence-electron chi connectivity index (χ4n) is 4.69. The molecule has 0 spiro atoms. The molecule has 6 rings (SSSR count). The van der Waals surface area contributed by atoms with E-state index in [1.165, 1.54) is 12.1 Å². The van der Waals surface area contributed by atoms with E-state index in [-0.39, 0.29) is 11.9 Å². The summed E-state index contributed by atoms with van der Waals surface area (Å²) in [5.74, 6) is 2.01. The van der Waals surface area contributed by atoms with Crippen LogP contribution in [-0.4, -0.2) is 32.1 Å². The summed E-state index contributed by atoms with van der Waals surface area (Å²) in [5.41, 5.74) is 7.24. The normalized spacial score (nSPS) is 15.0. The summed E-state index contributed by atoms with van der Waals surface area (Å²) in [4.78, 5) is 14.7. The second kappa shape index (κ2) is 9.74. The van der Waals surface area contributed by atoms with E-state index in [2.05, 4.69) is 27.0 Å². The van der Waals surface area contributed by atoms with Gasteiger partial charge in [0.1, 0.15) is 5.82 Å². The zero-order valence-electron chi connectivity index (χ0n) is 20.0. The first-order valence-electron chi connectivity index (χ1n) is 12.2. The van der Waals surface area contributed by atoms with Crippen molar-refractivity contribution in [3.8, 4) is 17.1 Å². The van der Waals surface area contributed by atoms with Gasteiger partial charge in [-0.3, -0.25) is 9.98 Å². The number of benzene rings is 3. The lowest BCUT2D eigenvalue weighted by Crippen LogP contribution is -2.21. The number of anilines is 2. The van der Waals surface area contributed by atoms with Crippen molar-refractivity contribution in [3.63, 3.8) is 0 Å². The molecule has 36 heavy (non-hydrogen) atoms. The second-order valence-corrected chi connectivity index (χ2v) is 10.2. The summed E-state index contributed by atoms with van der Waals surface area (Å²) in [6.07, 6.45) is 3.94. The van der Waals surface area contributed by atoms with E-state index in [0.29, 0.717) is 0 Å². The second-order valence-electron chi connectivity index (χ2n) is 9.00. The van der Waals surface area contributed by atoms with Gasteiger partial charge in [-0.1, -0.05) is 12.1 Å². The summed E-state index contributed by atoms with van der Waals surface area (Å²) in [6.45, 7) is 1.99. The smallest absolute Gasteiger partial charge is 0.123 e. The molecule has 3 heterocycles. The molecule has 2 aromatic carbocycles. The van der Waals surface area contributed by atoms with Crippen molar-refractivity contribution in [2.24, 2.45) is 4.99 Å². The Bertz CT molecular complexity index is 1570. The van der Waals surface area contributed by atoms with Crippen LogP contribution < -0.4 is 10.7 Å². The summed E-state index contributed by atoms with van der Waals surface area (Å²) in [6, 6.07) is 23.1. The van der Waals surface area contributed by atoms with Crippen LogP contribution in [0.5, 0.6) is 0 Å². The third kappa shape index (κ3) is 4.46. The van der Waals surface area contributed by atoms with Gasteiger partial charge >= 0.3 is 0 Å². The number of hydrogen-bond acceptors (Lipinski definition) is 5. The Hall–Kier alpha value is -3.71. The van der Waals surface area contributed by atoms with Crippen LogP contribution in [0.1, 0.15) is 18.5 Å². The molecule has 1 fully saturated rings. The van der Waals surface area contributed by atoms with Gasteiger partial charge in [0.25, 0.3) is 0 Å². The van der Waals surface area contributed by atoms with Crippen LogP contribution >= 0.6 is 11.8 Å². The SMILES string of the molecule is Cc1ncccc1Nc1cc2nc3ccccc3n(-c3ccc(F)cc3)c-2cc1=NC1CCSCC1. The van der Waals surface area contributed by atoms with Gasteiger partial charge in [0.05, 0.1) is 50.9 Å². The fraction of sp³-hybridized carbons (Fsp3) is 0.207. The molecule has 1 aliphatic carbocycles. The third-order valence-electron chi connectivity index (χ3n) is 6.57. The maximum atomic E-state index is 13.8. The lowest BCUT2D eigenvalue weighted by molar-refractivity contribution is 0.613. The highest BCUT2D eigenvalue weighted by Crippen LogP contribution is 2.31. The molecule has 180 valence electrons. The monoisotopic (exact) mass is 495 g/mol. The molecule has 1 saturated heterocycles. The molecule has 1 N–H and O–H groups in total. The van der Waals surface area contributed by atoms with E-state index in [0.717, 1.165) is 74.9 Å². The van der Waals surface area contributed by atoms with Crippen molar-refractivity contribution in [1.29, 1.82) is 0 Å². The number of thioether (sulfide) groups is 1. The third-order valence-corrected chi connectivity index (χ3v) is 7.62. The first-order chi connectivity index (χ1) is 17.7. The zero-order chi connectivity index (χ0) is 24.5. The number of pyridine rings is 1. The number of hydrogen-bond donors (Lipinski definition) is 1. The van der Waals surface area contributed by atoms with Crippen LogP contribution in [0.25, 0.3) is 28.1 Å². The molecule has 3 aliphatic rings. The van der Waals surface area contributed by atoms with Gasteiger partial charge in [0, 0.05) is 11.9 Å². The lowest BCUT2D eigenvalue weighted by Gasteiger charge is -2.22. The average Bonchev–Trinajstić information content (AvgIpc) is 2.90. The van der Waals surface area contributed by atoms with Gasteiger partial charge in [-0.2, -0.15) is 11.8 Å². The standard InChI is InChI=1S/C29H26FN5S/c1-19-23(6-4-14-31-19)33-25-17-27-29(18-26(25)32-21-12-15-36-16-13-21)35(22-10-8-20(30)9-11-22)28-7-3-2-5-24(28)34-27/h2-11,14,17-18,21,33H,12-13,15-16H2,1H3. The fourth-order valence-corrected chi connectivity index (χ4v) is 5.77. The largest absolute Gasteiger partial charge is 0.352 e. The number of nitrogens with one attached hydrogen (secondary N) is 1. The number of aryl methyl sites for hydroxylation is 1. The van der Waals surface area contributed by atoms with Crippen LogP contribution in [0, 0.1) is 12.7 Å². The molecular formula is C29H26FN5S. The molecule has 0 radical (unpaired) electrons. The van der Waals surface area contributed by atoms with E-state index in [1.54, 1.807) is 6.20 Å². The van der Waals surface area contributed by atoms with Crippen molar-refractivity contribution >= 4 is 34.2 Å². The number of halogens is 1. The van der Waals surface area contributed by atoms with E-state index in [9.17, 15) is 4.39 Å². The van der Waals surface area contributed by atoms with Crippen molar-refractivity contribution < 1.29 is 4.39 Å². The highest BCUT2D eigenvalue weighted by atomic mass is 32.2.